The predicted octanol–water partition coefficient (Wildman–Crippen LogP) is 5.34. The summed E-state index contributed by atoms with van der Waals surface area (Å²) in [7, 11) is 0. The molecule has 0 aliphatic heterocycles. The van der Waals surface area contributed by atoms with Gasteiger partial charge in [-0.1, -0.05) is 12.8 Å². The van der Waals surface area contributed by atoms with Gasteiger partial charge in [-0.15, -0.1) is 22.7 Å². The molecule has 3 aromatic rings. The summed E-state index contributed by atoms with van der Waals surface area (Å²) in [5.41, 5.74) is 9.10. The number of amides is 1. The Kier molecular flexibility index (Phi) is 6.06. The molecule has 1 aliphatic rings. The number of rotatable bonds is 4. The fourth-order valence-corrected chi connectivity index (χ4v) is 6.15. The average Bonchev–Trinajstić information content (AvgIpc) is 3.19. The van der Waals surface area contributed by atoms with Crippen LogP contribution in [0, 0.1) is 6.92 Å². The van der Waals surface area contributed by atoms with E-state index in [1.807, 2.05) is 19.1 Å². The lowest BCUT2D eigenvalue weighted by Gasteiger charge is -2.11. The normalized spacial score (nSPS) is 14.1. The number of carbonyl (C=O) groups excluding carboxylic acids is 2. The summed E-state index contributed by atoms with van der Waals surface area (Å²) in [4.78, 5) is 32.7. The SMILES string of the molecule is CCOC(=O)c1c(NC(=O)c2sc3nc(C)ccc3c2N)sc2c1CCCCCC2. The molecule has 0 fully saturated rings. The van der Waals surface area contributed by atoms with Gasteiger partial charge in [0, 0.05) is 16.0 Å². The molecule has 0 saturated heterocycles. The highest BCUT2D eigenvalue weighted by atomic mass is 32.1. The number of aromatic nitrogens is 1. The average molecular weight is 444 g/mol. The standard InChI is InChI=1S/C22H25N3O3S2/c1-3-28-22(27)16-13-8-6-4-5-7-9-15(13)29-21(16)25-19(26)18-17(23)14-11-10-12(2)24-20(14)30-18/h10-11H,3-9,23H2,1-2H3,(H,25,26). The summed E-state index contributed by atoms with van der Waals surface area (Å²) in [6, 6.07) is 3.77. The van der Waals surface area contributed by atoms with Crippen LogP contribution in [0.25, 0.3) is 10.2 Å². The van der Waals surface area contributed by atoms with Gasteiger partial charge in [-0.05, 0) is 57.2 Å². The molecule has 0 atom stereocenters. The Bertz CT molecular complexity index is 1120. The van der Waals surface area contributed by atoms with Crippen LogP contribution in [-0.4, -0.2) is 23.5 Å². The first kappa shape index (κ1) is 20.8. The minimum absolute atomic E-state index is 0.297. The molecule has 0 unspecified atom stereocenters. The lowest BCUT2D eigenvalue weighted by molar-refractivity contribution is 0.0526. The van der Waals surface area contributed by atoms with Gasteiger partial charge in [0.1, 0.15) is 14.7 Å². The van der Waals surface area contributed by atoms with E-state index < -0.39 is 0 Å². The van der Waals surface area contributed by atoms with Gasteiger partial charge in [-0.25, -0.2) is 9.78 Å². The summed E-state index contributed by atoms with van der Waals surface area (Å²) in [6.07, 6.45) is 6.25. The zero-order valence-corrected chi connectivity index (χ0v) is 18.8. The number of hydrogen-bond donors (Lipinski definition) is 2. The number of thiophene rings is 2. The van der Waals surface area contributed by atoms with Gasteiger partial charge in [0.2, 0.25) is 0 Å². The van der Waals surface area contributed by atoms with Gasteiger partial charge < -0.3 is 15.8 Å². The van der Waals surface area contributed by atoms with Gasteiger partial charge in [-0.2, -0.15) is 0 Å². The molecule has 8 heteroatoms. The molecule has 0 bridgehead atoms. The molecule has 0 radical (unpaired) electrons. The number of nitrogens with one attached hydrogen (secondary N) is 1. The second-order valence-electron chi connectivity index (χ2n) is 7.45. The molecule has 3 heterocycles. The van der Waals surface area contributed by atoms with E-state index in [0.717, 1.165) is 53.6 Å². The van der Waals surface area contributed by atoms with Crippen LogP contribution >= 0.6 is 22.7 Å². The van der Waals surface area contributed by atoms with Crippen molar-refractivity contribution in [2.75, 3.05) is 17.7 Å². The molecule has 3 N–H and O–H groups in total. The third-order valence-corrected chi connectivity index (χ3v) is 7.64. The van der Waals surface area contributed by atoms with Crippen molar-refractivity contribution in [1.29, 1.82) is 0 Å². The number of carbonyl (C=O) groups is 2. The number of nitrogens with zero attached hydrogens (tertiary/aromatic N) is 1. The third-order valence-electron chi connectivity index (χ3n) is 5.32. The predicted molar refractivity (Wildman–Crippen MR) is 123 cm³/mol. The van der Waals surface area contributed by atoms with Crippen LogP contribution < -0.4 is 11.1 Å². The van der Waals surface area contributed by atoms with Crippen LogP contribution in [0.3, 0.4) is 0 Å². The Balaban J connectivity index is 1.71. The fourth-order valence-electron chi connectivity index (χ4n) is 3.84. The number of anilines is 2. The van der Waals surface area contributed by atoms with Gasteiger partial charge in [0.05, 0.1) is 17.9 Å². The Hall–Kier alpha value is -2.45. The Morgan fingerprint density at radius 2 is 1.93 bits per heavy atom. The van der Waals surface area contributed by atoms with E-state index in [4.69, 9.17) is 10.5 Å². The summed E-state index contributed by atoms with van der Waals surface area (Å²) in [5, 5.41) is 4.30. The summed E-state index contributed by atoms with van der Waals surface area (Å²) in [5.74, 6) is -0.680. The van der Waals surface area contributed by atoms with Crippen molar-refractivity contribution in [2.45, 2.75) is 52.4 Å². The quantitative estimate of drug-likeness (QED) is 0.531. The minimum atomic E-state index is -0.368. The number of nitrogen functional groups attached to an aromatic ring is 1. The molecule has 1 amide bonds. The molecule has 3 aromatic heterocycles. The molecule has 6 nitrogen and oxygen atoms in total. The van der Waals surface area contributed by atoms with Crippen molar-refractivity contribution >= 4 is 55.5 Å². The second-order valence-corrected chi connectivity index (χ2v) is 9.55. The molecular weight excluding hydrogens is 418 g/mol. The first-order valence-corrected chi connectivity index (χ1v) is 11.9. The van der Waals surface area contributed by atoms with Crippen LogP contribution in [0.4, 0.5) is 10.7 Å². The number of nitrogens with two attached hydrogens (primary N) is 1. The summed E-state index contributed by atoms with van der Waals surface area (Å²) in [6.45, 7) is 3.99. The fraction of sp³-hybridized carbons (Fsp3) is 0.409. The first-order chi connectivity index (χ1) is 14.5. The largest absolute Gasteiger partial charge is 0.462 e. The Morgan fingerprint density at radius 1 is 1.17 bits per heavy atom. The molecule has 0 saturated carbocycles. The number of pyridine rings is 1. The Labute approximate surface area is 183 Å². The van der Waals surface area contributed by atoms with E-state index in [0.29, 0.717) is 27.7 Å². The minimum Gasteiger partial charge on any atom is -0.462 e. The first-order valence-electron chi connectivity index (χ1n) is 10.3. The van der Waals surface area contributed by atoms with Crippen LogP contribution in [0.1, 0.15) is 68.8 Å². The molecule has 158 valence electrons. The van der Waals surface area contributed by atoms with Crippen molar-refractivity contribution in [3.05, 3.63) is 38.7 Å². The van der Waals surface area contributed by atoms with Gasteiger partial charge >= 0.3 is 5.97 Å². The van der Waals surface area contributed by atoms with Gasteiger partial charge in [-0.3, -0.25) is 4.79 Å². The number of esters is 1. The van der Waals surface area contributed by atoms with E-state index in [2.05, 4.69) is 10.3 Å². The highest BCUT2D eigenvalue weighted by molar-refractivity contribution is 7.21. The van der Waals surface area contributed by atoms with E-state index in [-0.39, 0.29) is 11.9 Å². The van der Waals surface area contributed by atoms with E-state index in [9.17, 15) is 9.59 Å². The van der Waals surface area contributed by atoms with Crippen molar-refractivity contribution < 1.29 is 14.3 Å². The van der Waals surface area contributed by atoms with Crippen LogP contribution in [0.5, 0.6) is 0 Å². The maximum absolute atomic E-state index is 13.1. The van der Waals surface area contributed by atoms with Gasteiger partial charge in [0.15, 0.2) is 0 Å². The maximum atomic E-state index is 13.1. The molecule has 0 aromatic carbocycles. The molecule has 0 spiro atoms. The van der Waals surface area contributed by atoms with E-state index in [1.54, 1.807) is 6.92 Å². The number of aryl methyl sites for hydroxylation is 2. The maximum Gasteiger partial charge on any atom is 0.341 e. The Morgan fingerprint density at radius 3 is 2.70 bits per heavy atom. The van der Waals surface area contributed by atoms with Crippen molar-refractivity contribution in [3.63, 3.8) is 0 Å². The van der Waals surface area contributed by atoms with Crippen LogP contribution in [0.2, 0.25) is 0 Å². The zero-order chi connectivity index (χ0) is 21.3. The smallest absolute Gasteiger partial charge is 0.341 e. The molecule has 30 heavy (non-hydrogen) atoms. The van der Waals surface area contributed by atoms with Crippen molar-refractivity contribution in [1.82, 2.24) is 4.98 Å². The highest BCUT2D eigenvalue weighted by Crippen LogP contribution is 2.39. The van der Waals surface area contributed by atoms with Crippen LogP contribution in [-0.2, 0) is 17.6 Å². The molecular formula is C22H25N3O3S2. The van der Waals surface area contributed by atoms with Crippen molar-refractivity contribution in [2.24, 2.45) is 0 Å². The zero-order valence-electron chi connectivity index (χ0n) is 17.2. The topological polar surface area (TPSA) is 94.3 Å². The third kappa shape index (κ3) is 3.94. The number of hydrogen-bond acceptors (Lipinski definition) is 7. The van der Waals surface area contributed by atoms with Gasteiger partial charge in [0.25, 0.3) is 5.91 Å². The summed E-state index contributed by atoms with van der Waals surface area (Å²) >= 11 is 2.76. The number of ether oxygens (including phenoxy) is 1. The monoisotopic (exact) mass is 443 g/mol. The lowest BCUT2D eigenvalue weighted by atomic mass is 9.96. The number of fused-ring (bicyclic) bond motifs is 2. The molecule has 1 aliphatic carbocycles. The summed E-state index contributed by atoms with van der Waals surface area (Å²) < 4.78 is 5.32. The highest BCUT2D eigenvalue weighted by Gasteiger charge is 2.27. The lowest BCUT2D eigenvalue weighted by Crippen LogP contribution is -2.15. The van der Waals surface area contributed by atoms with E-state index in [1.165, 1.54) is 34.0 Å². The molecule has 4 rings (SSSR count). The van der Waals surface area contributed by atoms with Crippen LogP contribution in [0.15, 0.2) is 12.1 Å². The van der Waals surface area contributed by atoms with Crippen molar-refractivity contribution in [3.8, 4) is 0 Å². The van der Waals surface area contributed by atoms with E-state index >= 15 is 0 Å². The second kappa shape index (κ2) is 8.73.